The standard InChI is InChI=1S/C25H25N3O2S/c1-15-5-6-16(2)23(13-15)31-20-9-7-19(8-10-20)28-24(29)12-11-21-17(3)22(14-26)25(30)27-18(21)4/h5-10,13H,11-12H2,1-4H3,(H,27,30)(H,28,29). The average molecular weight is 432 g/mol. The summed E-state index contributed by atoms with van der Waals surface area (Å²) >= 11 is 1.70. The summed E-state index contributed by atoms with van der Waals surface area (Å²) in [6.45, 7) is 7.72. The van der Waals surface area contributed by atoms with Gasteiger partial charge in [-0.25, -0.2) is 0 Å². The van der Waals surface area contributed by atoms with Gasteiger partial charge in [0, 0.05) is 27.6 Å². The molecule has 0 aliphatic rings. The summed E-state index contributed by atoms with van der Waals surface area (Å²) in [5.41, 5.74) is 5.11. The minimum absolute atomic E-state index is 0.109. The van der Waals surface area contributed by atoms with E-state index >= 15 is 0 Å². The number of nitriles is 1. The molecule has 2 N–H and O–H groups in total. The van der Waals surface area contributed by atoms with Gasteiger partial charge < -0.3 is 10.3 Å². The number of amides is 1. The summed E-state index contributed by atoms with van der Waals surface area (Å²) < 4.78 is 0. The molecule has 3 rings (SSSR count). The van der Waals surface area contributed by atoms with Crippen LogP contribution in [0.1, 0.15) is 39.9 Å². The number of anilines is 1. The molecule has 0 aliphatic carbocycles. The van der Waals surface area contributed by atoms with Crippen molar-refractivity contribution in [3.05, 3.63) is 86.3 Å². The van der Waals surface area contributed by atoms with Crippen LogP contribution in [0.3, 0.4) is 0 Å². The number of carbonyl (C=O) groups excluding carboxylic acids is 1. The van der Waals surface area contributed by atoms with Crippen molar-refractivity contribution in [2.45, 2.75) is 50.3 Å². The van der Waals surface area contributed by atoms with Crippen LogP contribution in [0.2, 0.25) is 0 Å². The first-order chi connectivity index (χ1) is 14.8. The van der Waals surface area contributed by atoms with Gasteiger partial charge in [0.25, 0.3) is 5.56 Å². The molecule has 0 aliphatic heterocycles. The van der Waals surface area contributed by atoms with Crippen molar-refractivity contribution in [2.75, 3.05) is 5.32 Å². The van der Waals surface area contributed by atoms with Gasteiger partial charge in [0.2, 0.25) is 5.91 Å². The number of benzene rings is 2. The molecule has 0 saturated carbocycles. The van der Waals surface area contributed by atoms with Gasteiger partial charge in [-0.3, -0.25) is 9.59 Å². The van der Waals surface area contributed by atoms with Crippen LogP contribution in [0, 0.1) is 39.0 Å². The second-order valence-corrected chi connectivity index (χ2v) is 8.73. The molecule has 31 heavy (non-hydrogen) atoms. The molecular weight excluding hydrogens is 406 g/mol. The van der Waals surface area contributed by atoms with Crippen LogP contribution in [0.4, 0.5) is 5.69 Å². The van der Waals surface area contributed by atoms with Crippen LogP contribution in [-0.4, -0.2) is 10.9 Å². The summed E-state index contributed by atoms with van der Waals surface area (Å²) in [6.07, 6.45) is 0.715. The number of H-pyrrole nitrogens is 1. The second-order valence-electron chi connectivity index (χ2n) is 7.61. The van der Waals surface area contributed by atoms with E-state index in [0.717, 1.165) is 16.1 Å². The number of aromatic amines is 1. The van der Waals surface area contributed by atoms with E-state index in [1.54, 1.807) is 25.6 Å². The van der Waals surface area contributed by atoms with Crippen LogP contribution < -0.4 is 10.9 Å². The van der Waals surface area contributed by atoms with Crippen molar-refractivity contribution in [3.63, 3.8) is 0 Å². The lowest BCUT2D eigenvalue weighted by Gasteiger charge is -2.11. The molecule has 2 aromatic carbocycles. The SMILES string of the molecule is Cc1ccc(C)c(Sc2ccc(NC(=O)CCc3c(C)[nH]c(=O)c(C#N)c3C)cc2)c1. The van der Waals surface area contributed by atoms with Crippen LogP contribution in [0.25, 0.3) is 0 Å². The van der Waals surface area contributed by atoms with E-state index < -0.39 is 0 Å². The van der Waals surface area contributed by atoms with Gasteiger partial charge in [-0.1, -0.05) is 23.9 Å². The Morgan fingerprint density at radius 2 is 1.81 bits per heavy atom. The van der Waals surface area contributed by atoms with Gasteiger partial charge >= 0.3 is 0 Å². The predicted octanol–water partition coefficient (Wildman–Crippen LogP) is 5.20. The molecule has 1 amide bonds. The van der Waals surface area contributed by atoms with Crippen molar-refractivity contribution >= 4 is 23.4 Å². The van der Waals surface area contributed by atoms with Gasteiger partial charge in [-0.15, -0.1) is 0 Å². The first-order valence-electron chi connectivity index (χ1n) is 10.1. The van der Waals surface area contributed by atoms with E-state index in [2.05, 4.69) is 42.3 Å². The zero-order chi connectivity index (χ0) is 22.5. The average Bonchev–Trinajstić information content (AvgIpc) is 2.72. The molecule has 1 heterocycles. The molecule has 3 aromatic rings. The summed E-state index contributed by atoms with van der Waals surface area (Å²) in [6, 6.07) is 16.1. The largest absolute Gasteiger partial charge is 0.326 e. The Morgan fingerprint density at radius 1 is 1.10 bits per heavy atom. The van der Waals surface area contributed by atoms with Gasteiger partial charge in [0.1, 0.15) is 11.6 Å². The number of aryl methyl sites for hydroxylation is 3. The molecule has 1 aromatic heterocycles. The third-order valence-corrected chi connectivity index (χ3v) is 6.40. The number of nitrogens with one attached hydrogen (secondary N) is 2. The molecule has 5 nitrogen and oxygen atoms in total. The number of rotatable bonds is 6. The molecule has 0 saturated heterocycles. The summed E-state index contributed by atoms with van der Waals surface area (Å²) in [4.78, 5) is 29.3. The van der Waals surface area contributed by atoms with Gasteiger partial charge in [0.15, 0.2) is 0 Å². The maximum atomic E-state index is 12.4. The van der Waals surface area contributed by atoms with Crippen LogP contribution >= 0.6 is 11.8 Å². The number of aromatic nitrogens is 1. The molecule has 0 fully saturated rings. The Morgan fingerprint density at radius 3 is 2.48 bits per heavy atom. The number of nitrogens with zero attached hydrogens (tertiary/aromatic N) is 1. The fourth-order valence-electron chi connectivity index (χ4n) is 3.43. The summed E-state index contributed by atoms with van der Waals surface area (Å²) in [5.74, 6) is -0.113. The van der Waals surface area contributed by atoms with Crippen molar-refractivity contribution in [1.82, 2.24) is 4.98 Å². The number of pyridine rings is 1. The third kappa shape index (κ3) is 5.44. The Bertz CT molecular complexity index is 1220. The van der Waals surface area contributed by atoms with E-state index in [4.69, 9.17) is 0 Å². The van der Waals surface area contributed by atoms with Gasteiger partial charge in [-0.05, 0) is 86.7 Å². The normalized spacial score (nSPS) is 10.5. The fraction of sp³-hybridized carbons (Fsp3) is 0.240. The zero-order valence-corrected chi connectivity index (χ0v) is 18.9. The highest BCUT2D eigenvalue weighted by Crippen LogP contribution is 2.31. The highest BCUT2D eigenvalue weighted by molar-refractivity contribution is 7.99. The minimum Gasteiger partial charge on any atom is -0.326 e. The topological polar surface area (TPSA) is 85.8 Å². The highest BCUT2D eigenvalue weighted by Gasteiger charge is 2.13. The number of carbonyl (C=O) groups is 1. The van der Waals surface area contributed by atoms with Crippen LogP contribution in [0.15, 0.2) is 57.1 Å². The van der Waals surface area contributed by atoms with E-state index in [1.165, 1.54) is 16.0 Å². The zero-order valence-electron chi connectivity index (χ0n) is 18.1. The number of hydrogen-bond donors (Lipinski definition) is 2. The molecule has 0 atom stereocenters. The molecule has 0 unspecified atom stereocenters. The lowest BCUT2D eigenvalue weighted by atomic mass is 9.99. The van der Waals surface area contributed by atoms with Crippen molar-refractivity contribution in [1.29, 1.82) is 5.26 Å². The first kappa shape index (κ1) is 22.4. The molecule has 0 radical (unpaired) electrons. The van der Waals surface area contributed by atoms with Crippen molar-refractivity contribution in [2.24, 2.45) is 0 Å². The van der Waals surface area contributed by atoms with E-state index in [-0.39, 0.29) is 23.5 Å². The lowest BCUT2D eigenvalue weighted by molar-refractivity contribution is -0.116. The van der Waals surface area contributed by atoms with E-state index in [0.29, 0.717) is 17.7 Å². The molecular formula is C25H25N3O2S. The molecule has 0 spiro atoms. The maximum Gasteiger partial charge on any atom is 0.266 e. The monoisotopic (exact) mass is 431 g/mol. The maximum absolute atomic E-state index is 12.4. The minimum atomic E-state index is -0.385. The highest BCUT2D eigenvalue weighted by atomic mass is 32.2. The Balaban J connectivity index is 1.62. The third-order valence-electron chi connectivity index (χ3n) is 5.23. The van der Waals surface area contributed by atoms with Crippen molar-refractivity contribution in [3.8, 4) is 6.07 Å². The predicted molar refractivity (Wildman–Crippen MR) is 125 cm³/mol. The van der Waals surface area contributed by atoms with E-state index in [9.17, 15) is 14.9 Å². The van der Waals surface area contributed by atoms with Crippen LogP contribution in [-0.2, 0) is 11.2 Å². The molecule has 6 heteroatoms. The Hall–Kier alpha value is -3.30. The van der Waals surface area contributed by atoms with Crippen molar-refractivity contribution < 1.29 is 4.79 Å². The fourth-order valence-corrected chi connectivity index (χ4v) is 4.43. The summed E-state index contributed by atoms with van der Waals surface area (Å²) in [5, 5.41) is 12.1. The quantitative estimate of drug-likeness (QED) is 0.561. The summed E-state index contributed by atoms with van der Waals surface area (Å²) in [7, 11) is 0. The molecule has 158 valence electrons. The van der Waals surface area contributed by atoms with E-state index in [1.807, 2.05) is 30.3 Å². The molecule has 0 bridgehead atoms. The van der Waals surface area contributed by atoms with Gasteiger partial charge in [0.05, 0.1) is 0 Å². The Labute approximate surface area is 186 Å². The van der Waals surface area contributed by atoms with Gasteiger partial charge in [-0.2, -0.15) is 5.26 Å². The smallest absolute Gasteiger partial charge is 0.266 e. The Kier molecular flexibility index (Phi) is 6.98. The first-order valence-corrected chi connectivity index (χ1v) is 10.9. The lowest BCUT2D eigenvalue weighted by Crippen LogP contribution is -2.18. The second kappa shape index (κ2) is 9.67. The number of hydrogen-bond acceptors (Lipinski definition) is 4. The van der Waals surface area contributed by atoms with Crippen LogP contribution in [0.5, 0.6) is 0 Å².